The zero-order chi connectivity index (χ0) is 16.7. The van der Waals surface area contributed by atoms with Crippen molar-refractivity contribution in [3.05, 3.63) is 58.6 Å². The van der Waals surface area contributed by atoms with Crippen LogP contribution in [0.1, 0.15) is 0 Å². The van der Waals surface area contributed by atoms with Crippen LogP contribution < -0.4 is 20.9 Å². The second-order valence-corrected chi connectivity index (χ2v) is 5.20. The number of halogens is 2. The molecule has 0 saturated carbocycles. The maximum atomic E-state index is 11.6. The molecule has 120 valence electrons. The van der Waals surface area contributed by atoms with Crippen molar-refractivity contribution in [2.75, 3.05) is 11.9 Å². The number of amides is 3. The molecule has 0 heterocycles. The van der Waals surface area contributed by atoms with Crippen molar-refractivity contribution in [3.63, 3.8) is 0 Å². The second-order valence-electron chi connectivity index (χ2n) is 4.36. The Morgan fingerprint density at radius 2 is 1.74 bits per heavy atom. The molecule has 2 aromatic rings. The molecular weight excluding hydrogens is 341 g/mol. The fourth-order valence-corrected chi connectivity index (χ4v) is 2.05. The van der Waals surface area contributed by atoms with Crippen molar-refractivity contribution in [3.8, 4) is 5.75 Å². The van der Waals surface area contributed by atoms with E-state index >= 15 is 0 Å². The third kappa shape index (κ3) is 5.69. The highest BCUT2D eigenvalue weighted by molar-refractivity contribution is 6.35. The summed E-state index contributed by atoms with van der Waals surface area (Å²) < 4.78 is 5.23. The summed E-state index contributed by atoms with van der Waals surface area (Å²) in [5.41, 5.74) is 5.02. The number of ether oxygens (including phenoxy) is 1. The third-order valence-corrected chi connectivity index (χ3v) is 3.13. The molecule has 0 fully saturated rings. The summed E-state index contributed by atoms with van der Waals surface area (Å²) >= 11 is 11.7. The topological polar surface area (TPSA) is 79.5 Å². The Hall–Kier alpha value is -2.44. The van der Waals surface area contributed by atoms with Crippen LogP contribution in [-0.4, -0.2) is 18.5 Å². The Morgan fingerprint density at radius 1 is 1.00 bits per heavy atom. The van der Waals surface area contributed by atoms with Gasteiger partial charge in [0.15, 0.2) is 6.61 Å². The molecule has 3 N–H and O–H groups in total. The molecule has 8 heteroatoms. The molecule has 2 rings (SSSR count). The van der Waals surface area contributed by atoms with E-state index in [2.05, 4.69) is 16.2 Å². The highest BCUT2D eigenvalue weighted by atomic mass is 35.5. The van der Waals surface area contributed by atoms with E-state index in [1.807, 2.05) is 6.07 Å². The van der Waals surface area contributed by atoms with Gasteiger partial charge in [-0.3, -0.25) is 10.2 Å². The minimum Gasteiger partial charge on any atom is -0.482 e. The van der Waals surface area contributed by atoms with Gasteiger partial charge < -0.3 is 10.1 Å². The van der Waals surface area contributed by atoms with Crippen LogP contribution in [0.2, 0.25) is 10.0 Å². The van der Waals surface area contributed by atoms with Gasteiger partial charge in [-0.1, -0.05) is 41.4 Å². The van der Waals surface area contributed by atoms with E-state index in [0.29, 0.717) is 21.5 Å². The fraction of sp³-hybridized carbons (Fsp3) is 0.0667. The van der Waals surface area contributed by atoms with Crippen LogP contribution in [-0.2, 0) is 4.79 Å². The van der Waals surface area contributed by atoms with Gasteiger partial charge in [0, 0.05) is 10.7 Å². The van der Waals surface area contributed by atoms with Crippen LogP contribution >= 0.6 is 23.2 Å². The van der Waals surface area contributed by atoms with Crippen molar-refractivity contribution in [2.24, 2.45) is 0 Å². The second kappa shape index (κ2) is 8.26. The van der Waals surface area contributed by atoms with Crippen molar-refractivity contribution >= 4 is 40.8 Å². The SMILES string of the molecule is O=C(COc1ccc(Cl)cc1Cl)NNC(=O)Nc1ccccc1. The van der Waals surface area contributed by atoms with E-state index in [-0.39, 0.29) is 6.61 Å². The summed E-state index contributed by atoms with van der Waals surface area (Å²) in [6.45, 7) is -0.313. The van der Waals surface area contributed by atoms with Crippen molar-refractivity contribution in [1.29, 1.82) is 0 Å². The van der Waals surface area contributed by atoms with E-state index in [0.717, 1.165) is 0 Å². The molecule has 23 heavy (non-hydrogen) atoms. The van der Waals surface area contributed by atoms with Gasteiger partial charge in [-0.05, 0) is 30.3 Å². The van der Waals surface area contributed by atoms with E-state index in [9.17, 15) is 9.59 Å². The molecule has 0 unspecified atom stereocenters. The van der Waals surface area contributed by atoms with E-state index in [4.69, 9.17) is 27.9 Å². The molecule has 3 amide bonds. The lowest BCUT2D eigenvalue weighted by Crippen LogP contribution is -2.45. The highest BCUT2D eigenvalue weighted by Gasteiger charge is 2.08. The highest BCUT2D eigenvalue weighted by Crippen LogP contribution is 2.27. The largest absolute Gasteiger partial charge is 0.482 e. The first kappa shape index (κ1) is 16.9. The Labute approximate surface area is 142 Å². The number of hydrazine groups is 1. The van der Waals surface area contributed by atoms with Gasteiger partial charge in [0.2, 0.25) is 0 Å². The molecule has 0 spiro atoms. The number of benzene rings is 2. The van der Waals surface area contributed by atoms with Gasteiger partial charge in [-0.2, -0.15) is 0 Å². The molecule has 0 atom stereocenters. The molecule has 0 bridgehead atoms. The zero-order valence-corrected chi connectivity index (χ0v) is 13.3. The summed E-state index contributed by atoms with van der Waals surface area (Å²) in [6, 6.07) is 12.9. The maximum Gasteiger partial charge on any atom is 0.337 e. The first-order valence-electron chi connectivity index (χ1n) is 6.53. The number of hydrogen-bond donors (Lipinski definition) is 3. The molecule has 0 aliphatic rings. The number of anilines is 1. The smallest absolute Gasteiger partial charge is 0.337 e. The molecule has 0 aliphatic carbocycles. The van der Waals surface area contributed by atoms with Crippen molar-refractivity contribution in [2.45, 2.75) is 0 Å². The monoisotopic (exact) mass is 353 g/mol. The van der Waals surface area contributed by atoms with Crippen molar-refractivity contribution in [1.82, 2.24) is 10.9 Å². The molecule has 0 saturated heterocycles. The number of carbonyl (C=O) groups excluding carboxylic acids is 2. The lowest BCUT2D eigenvalue weighted by molar-refractivity contribution is -0.123. The van der Waals surface area contributed by atoms with Crippen LogP contribution in [0.4, 0.5) is 10.5 Å². The van der Waals surface area contributed by atoms with Crippen LogP contribution in [0.5, 0.6) is 5.75 Å². The number of urea groups is 1. The molecule has 0 aliphatic heterocycles. The van der Waals surface area contributed by atoms with Crippen LogP contribution in [0, 0.1) is 0 Å². The first-order valence-corrected chi connectivity index (χ1v) is 7.29. The van der Waals surface area contributed by atoms with Gasteiger partial charge in [-0.25, -0.2) is 10.2 Å². The number of rotatable bonds is 4. The Balaban J connectivity index is 1.73. The first-order chi connectivity index (χ1) is 11.0. The van der Waals surface area contributed by atoms with Gasteiger partial charge >= 0.3 is 6.03 Å². The Bertz CT molecular complexity index is 696. The van der Waals surface area contributed by atoms with Gasteiger partial charge in [0.25, 0.3) is 5.91 Å². The minimum absolute atomic E-state index is 0.292. The predicted molar refractivity (Wildman–Crippen MR) is 88.7 cm³/mol. The van der Waals surface area contributed by atoms with Gasteiger partial charge in [-0.15, -0.1) is 0 Å². The normalized spacial score (nSPS) is 9.83. The summed E-state index contributed by atoms with van der Waals surface area (Å²) in [5, 5.41) is 3.30. The van der Waals surface area contributed by atoms with E-state index < -0.39 is 11.9 Å². The van der Waals surface area contributed by atoms with Gasteiger partial charge in [0.1, 0.15) is 5.75 Å². The number of hydrogen-bond acceptors (Lipinski definition) is 3. The molecule has 6 nitrogen and oxygen atoms in total. The third-order valence-electron chi connectivity index (χ3n) is 2.60. The fourth-order valence-electron chi connectivity index (χ4n) is 1.58. The van der Waals surface area contributed by atoms with E-state index in [1.165, 1.54) is 6.07 Å². The summed E-state index contributed by atoms with van der Waals surface area (Å²) in [6.07, 6.45) is 0. The lowest BCUT2D eigenvalue weighted by atomic mass is 10.3. The number of para-hydroxylation sites is 1. The van der Waals surface area contributed by atoms with Crippen LogP contribution in [0.3, 0.4) is 0 Å². The van der Waals surface area contributed by atoms with E-state index in [1.54, 1.807) is 36.4 Å². The van der Waals surface area contributed by atoms with Crippen LogP contribution in [0.15, 0.2) is 48.5 Å². The number of carbonyl (C=O) groups is 2. The summed E-state index contributed by atoms with van der Waals surface area (Å²) in [5.74, 6) is -0.223. The van der Waals surface area contributed by atoms with Crippen LogP contribution in [0.25, 0.3) is 0 Å². The molecular formula is C15H13Cl2N3O3. The zero-order valence-electron chi connectivity index (χ0n) is 11.8. The average molecular weight is 354 g/mol. The Kier molecular flexibility index (Phi) is 6.08. The average Bonchev–Trinajstić information content (AvgIpc) is 2.53. The quantitative estimate of drug-likeness (QED) is 0.738. The molecule has 0 aromatic heterocycles. The Morgan fingerprint density at radius 3 is 2.43 bits per heavy atom. The lowest BCUT2D eigenvalue weighted by Gasteiger charge is -2.10. The molecule has 0 radical (unpaired) electrons. The molecule has 2 aromatic carbocycles. The standard InChI is InChI=1S/C15H13Cl2N3O3/c16-10-6-7-13(12(17)8-10)23-9-14(21)19-20-15(22)18-11-4-2-1-3-5-11/h1-8H,9H2,(H,19,21)(H2,18,20,22). The predicted octanol–water partition coefficient (Wildman–Crippen LogP) is 3.23. The minimum atomic E-state index is -0.575. The van der Waals surface area contributed by atoms with Gasteiger partial charge in [0.05, 0.1) is 5.02 Å². The summed E-state index contributed by atoms with van der Waals surface area (Å²) in [4.78, 5) is 23.2. The van der Waals surface area contributed by atoms with Crippen molar-refractivity contribution < 1.29 is 14.3 Å². The number of nitrogens with one attached hydrogen (secondary N) is 3. The maximum absolute atomic E-state index is 11.6. The summed E-state index contributed by atoms with van der Waals surface area (Å²) in [7, 11) is 0.